The third-order valence-corrected chi connectivity index (χ3v) is 3.33. The Balaban J connectivity index is 0.00000400. The lowest BCUT2D eigenvalue weighted by atomic mass is 10.2. The average Bonchev–Trinajstić information content (AvgIpc) is 2.49. The minimum Gasteiger partial charge on any atom is -0.478 e. The zero-order valence-electron chi connectivity index (χ0n) is 12.5. The molecule has 5 nitrogen and oxygen atoms in total. The summed E-state index contributed by atoms with van der Waals surface area (Å²) in [5.74, 6) is 1.38. The second-order valence-electron chi connectivity index (χ2n) is 4.46. The number of carbonyl (C=O) groups excluding carboxylic acids is 1. The van der Waals surface area contributed by atoms with Gasteiger partial charge in [0.1, 0.15) is 0 Å². The van der Waals surface area contributed by atoms with E-state index in [-0.39, 0.29) is 18.3 Å². The van der Waals surface area contributed by atoms with E-state index in [1.807, 2.05) is 25.3 Å². The molecule has 120 valence electrons. The average molecular weight is 334 g/mol. The van der Waals surface area contributed by atoms with Crippen LogP contribution in [0.1, 0.15) is 25.3 Å². The predicted molar refractivity (Wildman–Crippen MR) is 90.1 cm³/mol. The number of rotatable bonds is 9. The van der Waals surface area contributed by atoms with Gasteiger partial charge in [-0.2, -0.15) is 11.8 Å². The number of nitrogens with one attached hydrogen (secondary N) is 1. The predicted octanol–water partition coefficient (Wildman–Crippen LogP) is 1.99. The quantitative estimate of drug-likeness (QED) is 0.722. The number of aromatic nitrogens is 1. The van der Waals surface area contributed by atoms with E-state index in [1.54, 1.807) is 18.0 Å². The van der Waals surface area contributed by atoms with Gasteiger partial charge in [-0.05, 0) is 30.4 Å². The van der Waals surface area contributed by atoms with E-state index in [1.165, 1.54) is 0 Å². The van der Waals surface area contributed by atoms with Crippen LogP contribution in [0, 0.1) is 0 Å². The maximum atomic E-state index is 11.7. The summed E-state index contributed by atoms with van der Waals surface area (Å²) in [6, 6.07) is 3.26. The van der Waals surface area contributed by atoms with Gasteiger partial charge in [0.25, 0.3) is 0 Å². The summed E-state index contributed by atoms with van der Waals surface area (Å²) in [4.78, 5) is 15.9. The summed E-state index contributed by atoms with van der Waals surface area (Å²) in [6.45, 7) is 3.14. The van der Waals surface area contributed by atoms with Gasteiger partial charge in [0, 0.05) is 18.8 Å². The molecule has 21 heavy (non-hydrogen) atoms. The van der Waals surface area contributed by atoms with Gasteiger partial charge in [0.05, 0.1) is 12.6 Å². The number of hydrogen-bond acceptors (Lipinski definition) is 5. The number of hydrogen-bond donors (Lipinski definition) is 2. The van der Waals surface area contributed by atoms with E-state index in [4.69, 9.17) is 10.5 Å². The van der Waals surface area contributed by atoms with Crippen molar-refractivity contribution in [2.75, 3.05) is 18.6 Å². The Hall–Kier alpha value is -0.980. The van der Waals surface area contributed by atoms with Crippen molar-refractivity contribution in [2.24, 2.45) is 5.73 Å². The molecular formula is C14H24ClN3O2S. The lowest BCUT2D eigenvalue weighted by Crippen LogP contribution is -2.40. The van der Waals surface area contributed by atoms with Gasteiger partial charge in [-0.1, -0.05) is 13.0 Å². The molecule has 7 heteroatoms. The Kier molecular flexibility index (Phi) is 11.1. The minimum atomic E-state index is -0.442. The van der Waals surface area contributed by atoms with Crippen molar-refractivity contribution in [3.63, 3.8) is 0 Å². The van der Waals surface area contributed by atoms with Crippen LogP contribution in [-0.4, -0.2) is 35.5 Å². The number of amides is 1. The summed E-state index contributed by atoms with van der Waals surface area (Å²) >= 11 is 1.69. The maximum absolute atomic E-state index is 11.7. The molecule has 1 aromatic heterocycles. The molecule has 0 saturated heterocycles. The molecule has 1 aromatic rings. The third-order valence-electron chi connectivity index (χ3n) is 2.69. The molecule has 0 aliphatic heterocycles. The number of nitrogens with zero attached hydrogens (tertiary/aromatic N) is 1. The monoisotopic (exact) mass is 333 g/mol. The van der Waals surface area contributed by atoms with Crippen LogP contribution >= 0.6 is 24.2 Å². The van der Waals surface area contributed by atoms with Crippen LogP contribution in [0.4, 0.5) is 0 Å². The summed E-state index contributed by atoms with van der Waals surface area (Å²) in [7, 11) is 0. The Labute approximate surface area is 136 Å². The van der Waals surface area contributed by atoms with Gasteiger partial charge in [0.2, 0.25) is 11.8 Å². The third kappa shape index (κ3) is 8.14. The molecule has 3 N–H and O–H groups in total. The van der Waals surface area contributed by atoms with Crippen LogP contribution in [0.15, 0.2) is 18.3 Å². The van der Waals surface area contributed by atoms with Crippen LogP contribution in [0.5, 0.6) is 5.88 Å². The SMILES string of the molecule is CCCOc1ccc(CNC(=O)C(N)CCSC)cn1.Cl. The number of ether oxygens (including phenoxy) is 1. The van der Waals surface area contributed by atoms with Crippen molar-refractivity contribution in [1.82, 2.24) is 10.3 Å². The Bertz CT molecular complexity index is 404. The normalized spacial score (nSPS) is 11.4. The van der Waals surface area contributed by atoms with Gasteiger partial charge in [-0.15, -0.1) is 12.4 Å². The largest absolute Gasteiger partial charge is 0.478 e. The standard InChI is InChI=1S/C14H23N3O2S.ClH/c1-3-7-19-13-5-4-11(9-16-13)10-17-14(18)12(15)6-8-20-2;/h4-5,9,12H,3,6-8,10,15H2,1-2H3,(H,17,18);1H. The van der Waals surface area contributed by atoms with Crippen LogP contribution in [0.3, 0.4) is 0 Å². The number of pyridine rings is 1. The second kappa shape index (κ2) is 11.7. The Morgan fingerprint density at radius 2 is 2.29 bits per heavy atom. The molecule has 0 aromatic carbocycles. The second-order valence-corrected chi connectivity index (χ2v) is 5.44. The molecule has 0 spiro atoms. The molecule has 0 aliphatic carbocycles. The topological polar surface area (TPSA) is 77.2 Å². The van der Waals surface area contributed by atoms with Crippen molar-refractivity contribution < 1.29 is 9.53 Å². The van der Waals surface area contributed by atoms with Crippen molar-refractivity contribution in [2.45, 2.75) is 32.4 Å². The summed E-state index contributed by atoms with van der Waals surface area (Å²) in [6.07, 6.45) is 5.35. The first-order chi connectivity index (χ1) is 9.67. The molecule has 1 rings (SSSR count). The molecule has 0 radical (unpaired) electrons. The first-order valence-electron chi connectivity index (χ1n) is 6.77. The number of nitrogens with two attached hydrogens (primary N) is 1. The van der Waals surface area contributed by atoms with E-state index in [0.29, 0.717) is 25.5 Å². The zero-order chi connectivity index (χ0) is 14.8. The highest BCUT2D eigenvalue weighted by Crippen LogP contribution is 2.08. The smallest absolute Gasteiger partial charge is 0.237 e. The molecule has 1 heterocycles. The minimum absolute atomic E-state index is 0. The van der Waals surface area contributed by atoms with Gasteiger partial charge in [-0.3, -0.25) is 4.79 Å². The van der Waals surface area contributed by atoms with Gasteiger partial charge >= 0.3 is 0 Å². The van der Waals surface area contributed by atoms with E-state index in [0.717, 1.165) is 17.7 Å². The molecule has 0 aliphatic rings. The van der Waals surface area contributed by atoms with Gasteiger partial charge in [0.15, 0.2) is 0 Å². The van der Waals surface area contributed by atoms with E-state index < -0.39 is 6.04 Å². The molecule has 0 saturated carbocycles. The fourth-order valence-electron chi connectivity index (χ4n) is 1.50. The molecular weight excluding hydrogens is 310 g/mol. The van der Waals surface area contributed by atoms with Crippen LogP contribution in [0.25, 0.3) is 0 Å². The van der Waals surface area contributed by atoms with Crippen LogP contribution < -0.4 is 15.8 Å². The van der Waals surface area contributed by atoms with Gasteiger partial charge in [-0.25, -0.2) is 4.98 Å². The molecule has 1 atom stereocenters. The lowest BCUT2D eigenvalue weighted by molar-refractivity contribution is -0.122. The fraction of sp³-hybridized carbons (Fsp3) is 0.571. The molecule has 0 bridgehead atoms. The highest BCUT2D eigenvalue weighted by molar-refractivity contribution is 7.98. The summed E-state index contributed by atoms with van der Waals surface area (Å²) in [5, 5.41) is 2.82. The van der Waals surface area contributed by atoms with Crippen molar-refractivity contribution in [3.8, 4) is 5.88 Å². The van der Waals surface area contributed by atoms with Crippen molar-refractivity contribution in [1.29, 1.82) is 0 Å². The van der Waals surface area contributed by atoms with Crippen LogP contribution in [-0.2, 0) is 11.3 Å². The van der Waals surface area contributed by atoms with E-state index in [9.17, 15) is 4.79 Å². The lowest BCUT2D eigenvalue weighted by Gasteiger charge is -2.11. The van der Waals surface area contributed by atoms with Crippen LogP contribution in [0.2, 0.25) is 0 Å². The number of carbonyl (C=O) groups is 1. The van der Waals surface area contributed by atoms with E-state index in [2.05, 4.69) is 10.3 Å². The Morgan fingerprint density at radius 3 is 2.86 bits per heavy atom. The highest BCUT2D eigenvalue weighted by Gasteiger charge is 2.12. The van der Waals surface area contributed by atoms with Gasteiger partial charge < -0.3 is 15.8 Å². The first-order valence-corrected chi connectivity index (χ1v) is 8.16. The molecule has 1 unspecified atom stereocenters. The maximum Gasteiger partial charge on any atom is 0.237 e. The molecule has 0 fully saturated rings. The fourth-order valence-corrected chi connectivity index (χ4v) is 1.99. The number of thioether (sulfide) groups is 1. The summed E-state index contributed by atoms with van der Waals surface area (Å²) < 4.78 is 5.40. The molecule has 1 amide bonds. The van der Waals surface area contributed by atoms with Crippen molar-refractivity contribution >= 4 is 30.1 Å². The first kappa shape index (κ1) is 20.0. The highest BCUT2D eigenvalue weighted by atomic mass is 35.5. The summed E-state index contributed by atoms with van der Waals surface area (Å²) in [5.41, 5.74) is 6.72. The van der Waals surface area contributed by atoms with E-state index >= 15 is 0 Å². The zero-order valence-corrected chi connectivity index (χ0v) is 14.1. The Morgan fingerprint density at radius 1 is 1.52 bits per heavy atom. The number of halogens is 1. The van der Waals surface area contributed by atoms with Crippen molar-refractivity contribution in [3.05, 3.63) is 23.9 Å².